The first kappa shape index (κ1) is 15.6. The number of morpholine rings is 1. The minimum Gasteiger partial charge on any atom is -0.373 e. The Balaban J connectivity index is 1.62. The van der Waals surface area contributed by atoms with E-state index in [0.717, 1.165) is 25.4 Å². The monoisotopic (exact) mass is 301 g/mol. The van der Waals surface area contributed by atoms with Gasteiger partial charge in [0.1, 0.15) is 6.54 Å². The van der Waals surface area contributed by atoms with E-state index in [1.54, 1.807) is 4.90 Å². The van der Waals surface area contributed by atoms with Gasteiger partial charge in [-0.2, -0.15) is 0 Å². The molecule has 6 nitrogen and oxygen atoms in total. The molecule has 1 N–H and O–H groups in total. The summed E-state index contributed by atoms with van der Waals surface area (Å²) in [5.74, 6) is 0.713. The number of nitrogens with zero attached hydrogens (tertiary/aromatic N) is 2. The highest BCUT2D eigenvalue weighted by atomic mass is 32.2. The van der Waals surface area contributed by atoms with Gasteiger partial charge >= 0.3 is 0 Å². The fraction of sp³-hybridized carbons (Fsp3) is 0.846. The lowest BCUT2D eigenvalue weighted by Crippen LogP contribution is -2.48. The number of carbonyl (C=O) groups excluding carboxylic acids is 2. The first-order chi connectivity index (χ1) is 9.54. The van der Waals surface area contributed by atoms with Crippen LogP contribution in [0.5, 0.6) is 0 Å². The predicted molar refractivity (Wildman–Crippen MR) is 78.9 cm³/mol. The number of rotatable bonds is 5. The molecule has 20 heavy (non-hydrogen) atoms. The van der Waals surface area contributed by atoms with Crippen molar-refractivity contribution >= 4 is 22.9 Å². The van der Waals surface area contributed by atoms with Gasteiger partial charge in [-0.05, 0) is 13.8 Å². The van der Waals surface area contributed by atoms with Crippen molar-refractivity contribution in [3.8, 4) is 0 Å². The summed E-state index contributed by atoms with van der Waals surface area (Å²) in [5.41, 5.74) is 0. The van der Waals surface area contributed by atoms with E-state index in [1.165, 1.54) is 11.8 Å². The third kappa shape index (κ3) is 4.64. The normalized spacial score (nSPS) is 27.9. The molecule has 2 rings (SSSR count). The zero-order chi connectivity index (χ0) is 14.5. The van der Waals surface area contributed by atoms with Crippen molar-refractivity contribution in [3.05, 3.63) is 0 Å². The molecule has 7 heteroatoms. The quantitative estimate of drug-likeness (QED) is 0.795. The number of nitrogens with one attached hydrogen (secondary N) is 1. The molecule has 0 aromatic heterocycles. The molecule has 2 amide bonds. The summed E-state index contributed by atoms with van der Waals surface area (Å²) in [5, 5.41) is 2.89. The summed E-state index contributed by atoms with van der Waals surface area (Å²) in [6, 6.07) is 0. The van der Waals surface area contributed by atoms with E-state index in [9.17, 15) is 9.59 Å². The minimum absolute atomic E-state index is 0.0102. The van der Waals surface area contributed by atoms with E-state index in [2.05, 4.69) is 24.1 Å². The molecule has 0 saturated carbocycles. The highest BCUT2D eigenvalue weighted by Crippen LogP contribution is 2.16. The van der Waals surface area contributed by atoms with Gasteiger partial charge in [-0.1, -0.05) is 11.8 Å². The summed E-state index contributed by atoms with van der Waals surface area (Å²) in [4.78, 5) is 27.0. The Morgan fingerprint density at radius 2 is 2.10 bits per heavy atom. The fourth-order valence-electron chi connectivity index (χ4n) is 2.62. The Hall–Kier alpha value is -0.790. The second-order valence-corrected chi connectivity index (χ2v) is 6.45. The summed E-state index contributed by atoms with van der Waals surface area (Å²) in [6.07, 6.45) is 0.488. The van der Waals surface area contributed by atoms with E-state index < -0.39 is 0 Å². The second kappa shape index (κ2) is 7.28. The van der Waals surface area contributed by atoms with Crippen LogP contribution in [0.4, 0.5) is 4.79 Å². The Morgan fingerprint density at radius 1 is 1.40 bits per heavy atom. The summed E-state index contributed by atoms with van der Waals surface area (Å²) >= 11 is 1.28. The van der Waals surface area contributed by atoms with Crippen LogP contribution in [0.2, 0.25) is 0 Å². The average molecular weight is 301 g/mol. The number of thioether (sulfide) groups is 1. The molecule has 2 atom stereocenters. The van der Waals surface area contributed by atoms with Crippen molar-refractivity contribution in [2.24, 2.45) is 0 Å². The summed E-state index contributed by atoms with van der Waals surface area (Å²) in [7, 11) is 0. The SMILES string of the molecule is C[C@H]1CN(CCNC(=O)CN2CCSC2=O)C[C@H](C)O1. The van der Waals surface area contributed by atoms with Crippen molar-refractivity contribution in [3.63, 3.8) is 0 Å². The van der Waals surface area contributed by atoms with Crippen LogP contribution in [0.15, 0.2) is 0 Å². The van der Waals surface area contributed by atoms with E-state index in [1.807, 2.05) is 0 Å². The van der Waals surface area contributed by atoms with E-state index in [0.29, 0.717) is 13.1 Å². The number of amides is 2. The lowest BCUT2D eigenvalue weighted by Gasteiger charge is -2.35. The van der Waals surface area contributed by atoms with Gasteiger partial charge in [-0.15, -0.1) is 0 Å². The zero-order valence-electron chi connectivity index (χ0n) is 12.1. The maximum absolute atomic E-state index is 11.8. The van der Waals surface area contributed by atoms with Crippen molar-refractivity contribution in [2.75, 3.05) is 45.0 Å². The fourth-order valence-corrected chi connectivity index (χ4v) is 3.44. The zero-order valence-corrected chi connectivity index (χ0v) is 12.9. The molecule has 0 aliphatic carbocycles. The number of hydrogen-bond acceptors (Lipinski definition) is 5. The van der Waals surface area contributed by atoms with Crippen LogP contribution in [0.25, 0.3) is 0 Å². The Morgan fingerprint density at radius 3 is 2.70 bits per heavy atom. The molecule has 0 spiro atoms. The maximum Gasteiger partial charge on any atom is 0.282 e. The van der Waals surface area contributed by atoms with Crippen LogP contribution in [0.1, 0.15) is 13.8 Å². The van der Waals surface area contributed by atoms with Crippen molar-refractivity contribution < 1.29 is 14.3 Å². The standard InChI is InChI=1S/C13H23N3O3S/c1-10-7-15(8-11(2)19-10)4-3-14-12(17)9-16-5-6-20-13(16)18/h10-11H,3-9H2,1-2H3,(H,14,17)/t10-,11-/m0/s1. The van der Waals surface area contributed by atoms with Crippen LogP contribution in [-0.2, 0) is 9.53 Å². The average Bonchev–Trinajstić information content (AvgIpc) is 2.73. The van der Waals surface area contributed by atoms with Gasteiger partial charge < -0.3 is 15.0 Å². The summed E-state index contributed by atoms with van der Waals surface area (Å²) in [6.45, 7) is 8.25. The molecule has 0 radical (unpaired) electrons. The van der Waals surface area contributed by atoms with Gasteiger partial charge in [-0.3, -0.25) is 14.5 Å². The molecule has 0 bridgehead atoms. The van der Waals surface area contributed by atoms with Crippen molar-refractivity contribution in [1.82, 2.24) is 15.1 Å². The lowest BCUT2D eigenvalue weighted by atomic mass is 10.2. The van der Waals surface area contributed by atoms with E-state index in [4.69, 9.17) is 4.74 Å². The Labute approximate surface area is 124 Å². The number of ether oxygens (including phenoxy) is 1. The van der Waals surface area contributed by atoms with Gasteiger partial charge in [0.05, 0.1) is 12.2 Å². The first-order valence-corrected chi connectivity index (χ1v) is 8.09. The van der Waals surface area contributed by atoms with Crippen LogP contribution < -0.4 is 5.32 Å². The Bertz CT molecular complexity index is 357. The Kier molecular flexibility index (Phi) is 5.68. The molecule has 2 aliphatic rings. The highest BCUT2D eigenvalue weighted by molar-refractivity contribution is 8.13. The molecule has 2 aliphatic heterocycles. The molecule has 0 aromatic carbocycles. The topological polar surface area (TPSA) is 61.9 Å². The van der Waals surface area contributed by atoms with Gasteiger partial charge in [0.2, 0.25) is 5.91 Å². The predicted octanol–water partition coefficient (Wildman–Crippen LogP) is 0.381. The van der Waals surface area contributed by atoms with Crippen LogP contribution in [-0.4, -0.2) is 78.2 Å². The van der Waals surface area contributed by atoms with Crippen LogP contribution >= 0.6 is 11.8 Å². The van der Waals surface area contributed by atoms with E-state index in [-0.39, 0.29) is 29.9 Å². The third-order valence-electron chi connectivity index (χ3n) is 3.42. The third-order valence-corrected chi connectivity index (χ3v) is 4.32. The second-order valence-electron chi connectivity index (χ2n) is 5.40. The number of carbonyl (C=O) groups is 2. The van der Waals surface area contributed by atoms with E-state index >= 15 is 0 Å². The summed E-state index contributed by atoms with van der Waals surface area (Å²) < 4.78 is 5.67. The molecular weight excluding hydrogens is 278 g/mol. The van der Waals surface area contributed by atoms with Crippen molar-refractivity contribution in [2.45, 2.75) is 26.1 Å². The minimum atomic E-state index is -0.0739. The van der Waals surface area contributed by atoms with Gasteiger partial charge in [0.15, 0.2) is 0 Å². The smallest absolute Gasteiger partial charge is 0.282 e. The van der Waals surface area contributed by atoms with Gasteiger partial charge in [-0.25, -0.2) is 0 Å². The van der Waals surface area contributed by atoms with Crippen LogP contribution in [0.3, 0.4) is 0 Å². The van der Waals surface area contributed by atoms with Gasteiger partial charge in [0, 0.05) is 38.5 Å². The largest absolute Gasteiger partial charge is 0.373 e. The molecule has 2 fully saturated rings. The first-order valence-electron chi connectivity index (χ1n) is 7.11. The number of hydrogen-bond donors (Lipinski definition) is 1. The molecule has 114 valence electrons. The molecule has 0 aromatic rings. The van der Waals surface area contributed by atoms with Gasteiger partial charge in [0.25, 0.3) is 5.24 Å². The molecule has 2 heterocycles. The molecular formula is C13H23N3O3S. The molecule has 0 unspecified atom stereocenters. The molecule has 2 saturated heterocycles. The maximum atomic E-state index is 11.8. The lowest BCUT2D eigenvalue weighted by molar-refractivity contribution is -0.121. The van der Waals surface area contributed by atoms with Crippen LogP contribution in [0, 0.1) is 0 Å². The highest BCUT2D eigenvalue weighted by Gasteiger charge is 2.24. The van der Waals surface area contributed by atoms with Crippen molar-refractivity contribution in [1.29, 1.82) is 0 Å².